The topological polar surface area (TPSA) is 63.2 Å². The molecule has 6 heteroatoms. The van der Waals surface area contributed by atoms with Crippen molar-refractivity contribution in [3.8, 4) is 5.75 Å². The second-order valence-corrected chi connectivity index (χ2v) is 5.25. The van der Waals surface area contributed by atoms with Gasteiger partial charge in [-0.2, -0.15) is 0 Å². The first-order chi connectivity index (χ1) is 10.6. The molecule has 1 heterocycles. The summed E-state index contributed by atoms with van der Waals surface area (Å²) in [6.45, 7) is 4.35. The Morgan fingerprint density at radius 1 is 1.18 bits per heavy atom. The van der Waals surface area contributed by atoms with Gasteiger partial charge >= 0.3 is 6.03 Å². The number of urea groups is 1. The minimum absolute atomic E-state index is 0.0860. The summed E-state index contributed by atoms with van der Waals surface area (Å²) < 4.78 is 5.50. The minimum Gasteiger partial charge on any atom is -0.473 e. The summed E-state index contributed by atoms with van der Waals surface area (Å²) in [6, 6.07) is 7.07. The maximum Gasteiger partial charge on any atom is 0.317 e. The van der Waals surface area contributed by atoms with Crippen LogP contribution in [0.1, 0.15) is 16.7 Å². The molecule has 0 aliphatic carbocycles. The lowest BCUT2D eigenvalue weighted by atomic mass is 10.1. The summed E-state index contributed by atoms with van der Waals surface area (Å²) >= 11 is 6.09. The smallest absolute Gasteiger partial charge is 0.317 e. The number of ether oxygens (including phenoxy) is 1. The number of pyridine rings is 1. The van der Waals surface area contributed by atoms with E-state index in [1.807, 2.05) is 38.1 Å². The van der Waals surface area contributed by atoms with Gasteiger partial charge < -0.3 is 15.4 Å². The highest BCUT2D eigenvalue weighted by molar-refractivity contribution is 6.32. The third-order valence-corrected chi connectivity index (χ3v) is 3.68. The van der Waals surface area contributed by atoms with Crippen LogP contribution in [-0.2, 0) is 6.54 Å². The van der Waals surface area contributed by atoms with Crippen molar-refractivity contribution in [2.45, 2.75) is 20.4 Å². The van der Waals surface area contributed by atoms with Crippen molar-refractivity contribution in [1.82, 2.24) is 15.6 Å². The van der Waals surface area contributed by atoms with Crippen LogP contribution in [0.3, 0.4) is 0 Å². The molecule has 0 fully saturated rings. The summed E-state index contributed by atoms with van der Waals surface area (Å²) in [6.07, 6.45) is 3.37. The Balaban J connectivity index is 1.75. The lowest BCUT2D eigenvalue weighted by Crippen LogP contribution is -2.37. The average Bonchev–Trinajstić information content (AvgIpc) is 2.51. The maximum absolute atomic E-state index is 11.7. The molecule has 2 aromatic rings. The highest BCUT2D eigenvalue weighted by atomic mass is 35.5. The van der Waals surface area contributed by atoms with Crippen molar-refractivity contribution in [2.75, 3.05) is 6.73 Å². The first kappa shape index (κ1) is 16.1. The van der Waals surface area contributed by atoms with Crippen LogP contribution in [0.2, 0.25) is 5.02 Å². The number of aryl methyl sites for hydroxylation is 2. The van der Waals surface area contributed by atoms with E-state index in [9.17, 15) is 4.79 Å². The summed E-state index contributed by atoms with van der Waals surface area (Å²) in [5.41, 5.74) is 2.87. The van der Waals surface area contributed by atoms with Gasteiger partial charge in [0.05, 0.1) is 0 Å². The van der Waals surface area contributed by atoms with Crippen LogP contribution in [0.5, 0.6) is 5.75 Å². The molecule has 116 valence electrons. The van der Waals surface area contributed by atoms with Gasteiger partial charge in [0.15, 0.2) is 6.73 Å². The molecule has 0 aliphatic heterocycles. The Hall–Kier alpha value is -2.27. The van der Waals surface area contributed by atoms with Gasteiger partial charge in [-0.3, -0.25) is 4.98 Å². The van der Waals surface area contributed by atoms with Gasteiger partial charge in [-0.05, 0) is 54.8 Å². The number of halogens is 1. The molecule has 1 aromatic heterocycles. The number of hydrogen-bond donors (Lipinski definition) is 2. The van der Waals surface area contributed by atoms with Crippen LogP contribution in [0.4, 0.5) is 4.79 Å². The Morgan fingerprint density at radius 2 is 1.82 bits per heavy atom. The average molecular weight is 320 g/mol. The fourth-order valence-corrected chi connectivity index (χ4v) is 2.03. The number of rotatable bonds is 5. The Kier molecular flexibility index (Phi) is 5.61. The van der Waals surface area contributed by atoms with Crippen LogP contribution in [0, 0.1) is 13.8 Å². The largest absolute Gasteiger partial charge is 0.473 e. The van der Waals surface area contributed by atoms with Gasteiger partial charge in [-0.1, -0.05) is 11.6 Å². The van der Waals surface area contributed by atoms with Gasteiger partial charge in [-0.25, -0.2) is 4.79 Å². The third kappa shape index (κ3) is 4.63. The number of nitrogens with one attached hydrogen (secondary N) is 2. The Morgan fingerprint density at radius 3 is 2.45 bits per heavy atom. The van der Waals surface area contributed by atoms with E-state index < -0.39 is 0 Å². The molecule has 1 aromatic carbocycles. The lowest BCUT2D eigenvalue weighted by molar-refractivity contribution is 0.223. The molecule has 0 unspecified atom stereocenters. The molecule has 0 aliphatic rings. The summed E-state index contributed by atoms with van der Waals surface area (Å²) in [7, 11) is 0. The molecule has 0 bridgehead atoms. The van der Waals surface area contributed by atoms with E-state index >= 15 is 0 Å². The molecule has 0 saturated heterocycles. The fraction of sp³-hybridized carbons (Fsp3) is 0.250. The number of carbonyl (C=O) groups excluding carboxylic acids is 1. The van der Waals surface area contributed by atoms with Crippen molar-refractivity contribution in [3.63, 3.8) is 0 Å². The minimum atomic E-state index is -0.292. The van der Waals surface area contributed by atoms with Gasteiger partial charge in [0.2, 0.25) is 0 Å². The number of benzene rings is 1. The molecule has 2 amide bonds. The molecule has 2 N–H and O–H groups in total. The van der Waals surface area contributed by atoms with Crippen molar-refractivity contribution < 1.29 is 9.53 Å². The first-order valence-electron chi connectivity index (χ1n) is 6.86. The van der Waals surface area contributed by atoms with Gasteiger partial charge in [0, 0.05) is 24.0 Å². The third-order valence-electron chi connectivity index (χ3n) is 3.08. The molecule has 22 heavy (non-hydrogen) atoms. The molecule has 0 atom stereocenters. The normalized spacial score (nSPS) is 10.1. The number of carbonyl (C=O) groups is 1. The zero-order chi connectivity index (χ0) is 15.9. The van der Waals surface area contributed by atoms with E-state index in [4.69, 9.17) is 16.3 Å². The monoisotopic (exact) mass is 319 g/mol. The summed E-state index contributed by atoms with van der Waals surface area (Å²) in [5.74, 6) is 0.675. The van der Waals surface area contributed by atoms with Crippen molar-refractivity contribution in [2.24, 2.45) is 0 Å². The number of amides is 2. The lowest BCUT2D eigenvalue weighted by Gasteiger charge is -2.11. The van der Waals surface area contributed by atoms with Gasteiger partial charge in [-0.15, -0.1) is 0 Å². The molecule has 2 rings (SSSR count). The number of nitrogens with zero attached hydrogens (tertiary/aromatic N) is 1. The highest BCUT2D eigenvalue weighted by Gasteiger charge is 2.04. The van der Waals surface area contributed by atoms with E-state index in [-0.39, 0.29) is 12.8 Å². The van der Waals surface area contributed by atoms with E-state index in [0.717, 1.165) is 21.7 Å². The Labute approximate surface area is 134 Å². The predicted molar refractivity (Wildman–Crippen MR) is 86.0 cm³/mol. The first-order valence-corrected chi connectivity index (χ1v) is 7.24. The standard InChI is InChI=1S/C16H18ClN3O2/c1-11-7-14(8-12(2)15(11)17)22-10-20-16(21)19-9-13-3-5-18-6-4-13/h3-8H,9-10H2,1-2H3,(H2,19,20,21). The molecule has 5 nitrogen and oxygen atoms in total. The molecule has 0 radical (unpaired) electrons. The predicted octanol–water partition coefficient (Wildman–Crippen LogP) is 3.19. The second kappa shape index (κ2) is 7.66. The second-order valence-electron chi connectivity index (χ2n) is 4.87. The van der Waals surface area contributed by atoms with E-state index in [2.05, 4.69) is 15.6 Å². The van der Waals surface area contributed by atoms with E-state index in [0.29, 0.717) is 12.3 Å². The fourth-order valence-electron chi connectivity index (χ4n) is 1.92. The SMILES string of the molecule is Cc1cc(OCNC(=O)NCc2ccncc2)cc(C)c1Cl. The molecule has 0 spiro atoms. The van der Waals surface area contributed by atoms with Crippen molar-refractivity contribution in [3.05, 3.63) is 58.4 Å². The zero-order valence-corrected chi connectivity index (χ0v) is 13.3. The van der Waals surface area contributed by atoms with Gasteiger partial charge in [0.25, 0.3) is 0 Å². The highest BCUT2D eigenvalue weighted by Crippen LogP contribution is 2.25. The quantitative estimate of drug-likeness (QED) is 0.832. The van der Waals surface area contributed by atoms with E-state index in [1.165, 1.54) is 0 Å². The van der Waals surface area contributed by atoms with Crippen LogP contribution in [0.25, 0.3) is 0 Å². The summed E-state index contributed by atoms with van der Waals surface area (Å²) in [4.78, 5) is 15.6. The van der Waals surface area contributed by atoms with Crippen LogP contribution in [-0.4, -0.2) is 17.7 Å². The van der Waals surface area contributed by atoms with Crippen molar-refractivity contribution in [1.29, 1.82) is 0 Å². The van der Waals surface area contributed by atoms with Crippen LogP contribution < -0.4 is 15.4 Å². The molecular weight excluding hydrogens is 302 g/mol. The van der Waals surface area contributed by atoms with E-state index in [1.54, 1.807) is 12.4 Å². The van der Waals surface area contributed by atoms with Crippen LogP contribution >= 0.6 is 11.6 Å². The Bertz CT molecular complexity index is 624. The van der Waals surface area contributed by atoms with Gasteiger partial charge in [0.1, 0.15) is 5.75 Å². The molecule has 0 saturated carbocycles. The van der Waals surface area contributed by atoms with Crippen molar-refractivity contribution >= 4 is 17.6 Å². The molecular formula is C16H18ClN3O2. The maximum atomic E-state index is 11.7. The van der Waals surface area contributed by atoms with Crippen LogP contribution in [0.15, 0.2) is 36.7 Å². The summed E-state index contributed by atoms with van der Waals surface area (Å²) in [5, 5.41) is 6.10. The number of hydrogen-bond acceptors (Lipinski definition) is 3. The zero-order valence-electron chi connectivity index (χ0n) is 12.5. The number of aromatic nitrogens is 1.